The molecule has 0 radical (unpaired) electrons. The number of anilines is 1. The van der Waals surface area contributed by atoms with Crippen LogP contribution in [0.4, 0.5) is 5.69 Å². The zero-order chi connectivity index (χ0) is 23.1. The number of hydrogen-bond acceptors (Lipinski definition) is 5. The number of rotatable bonds is 10. The van der Waals surface area contributed by atoms with Gasteiger partial charge in [-0.25, -0.2) is 0 Å². The fourth-order valence-electron chi connectivity index (χ4n) is 3.65. The number of ether oxygens (including phenoxy) is 3. The van der Waals surface area contributed by atoms with E-state index in [1.54, 1.807) is 0 Å². The van der Waals surface area contributed by atoms with E-state index in [4.69, 9.17) is 14.2 Å². The molecule has 1 aliphatic rings. The van der Waals surface area contributed by atoms with Gasteiger partial charge in [-0.15, -0.1) is 0 Å². The summed E-state index contributed by atoms with van der Waals surface area (Å²) >= 11 is 0. The minimum atomic E-state index is -0.571. The highest BCUT2D eigenvalue weighted by molar-refractivity contribution is 6.03. The Bertz CT molecular complexity index is 959. The number of amides is 2. The summed E-state index contributed by atoms with van der Waals surface area (Å²) in [6.45, 7) is 9.23. The monoisotopic (exact) mass is 440 g/mol. The number of aryl methyl sites for hydroxylation is 1. The highest BCUT2D eigenvalue weighted by Gasteiger charge is 2.34. The van der Waals surface area contributed by atoms with E-state index in [0.29, 0.717) is 55.5 Å². The normalized spacial score (nSPS) is 15.1. The number of nitrogens with zero attached hydrogens (tertiary/aromatic N) is 1. The molecule has 2 aromatic rings. The molecule has 1 aliphatic heterocycles. The van der Waals surface area contributed by atoms with Crippen molar-refractivity contribution < 1.29 is 23.8 Å². The van der Waals surface area contributed by atoms with Crippen LogP contribution in [0.2, 0.25) is 0 Å². The molecular formula is C25H32N2O5. The van der Waals surface area contributed by atoms with Crippen molar-refractivity contribution in [3.63, 3.8) is 0 Å². The van der Waals surface area contributed by atoms with Gasteiger partial charge in [0, 0.05) is 6.54 Å². The van der Waals surface area contributed by atoms with E-state index in [2.05, 4.69) is 5.32 Å². The minimum absolute atomic E-state index is 0.0391. The molecule has 3 rings (SSSR count). The fourth-order valence-corrected chi connectivity index (χ4v) is 3.65. The van der Waals surface area contributed by atoms with Crippen molar-refractivity contribution in [2.75, 3.05) is 31.2 Å². The number of nitrogens with one attached hydrogen (secondary N) is 1. The van der Waals surface area contributed by atoms with Crippen LogP contribution >= 0.6 is 0 Å². The molecule has 32 heavy (non-hydrogen) atoms. The van der Waals surface area contributed by atoms with Crippen LogP contribution in [0, 0.1) is 6.92 Å². The third-order valence-corrected chi connectivity index (χ3v) is 5.23. The highest BCUT2D eigenvalue weighted by atomic mass is 16.5. The van der Waals surface area contributed by atoms with Crippen LogP contribution in [0.5, 0.6) is 17.2 Å². The largest absolute Gasteiger partial charge is 0.490 e. The smallest absolute Gasteiger partial charge is 0.268 e. The van der Waals surface area contributed by atoms with Gasteiger partial charge in [0.15, 0.2) is 17.6 Å². The van der Waals surface area contributed by atoms with Gasteiger partial charge in [-0.05, 0) is 69.0 Å². The number of carbonyl (C=O) groups is 2. The lowest BCUT2D eigenvalue weighted by molar-refractivity contribution is -0.129. The standard InChI is InChI=1S/C25H32N2O5/c1-5-20-25(29)27(19-14-17(4)8-10-21(19)32-20)16-24(28)26-13-12-18-9-11-22(30-6-2)23(15-18)31-7-3/h8-11,14-15,20H,5-7,12-13,16H2,1-4H3,(H,26,28)/t20-/m0/s1. The topological polar surface area (TPSA) is 77.1 Å². The number of benzene rings is 2. The van der Waals surface area contributed by atoms with Gasteiger partial charge >= 0.3 is 0 Å². The summed E-state index contributed by atoms with van der Waals surface area (Å²) in [6.07, 6.45) is 0.617. The molecule has 172 valence electrons. The molecular weight excluding hydrogens is 408 g/mol. The maximum Gasteiger partial charge on any atom is 0.268 e. The molecule has 7 nitrogen and oxygen atoms in total. The molecule has 0 saturated heterocycles. The van der Waals surface area contributed by atoms with Crippen molar-refractivity contribution in [1.82, 2.24) is 5.32 Å². The average molecular weight is 441 g/mol. The van der Waals surface area contributed by atoms with Crippen molar-refractivity contribution in [2.45, 2.75) is 46.6 Å². The molecule has 2 aromatic carbocycles. The lowest BCUT2D eigenvalue weighted by Gasteiger charge is -2.33. The van der Waals surface area contributed by atoms with Crippen molar-refractivity contribution in [3.8, 4) is 17.2 Å². The molecule has 7 heteroatoms. The maximum absolute atomic E-state index is 12.8. The van der Waals surface area contributed by atoms with E-state index < -0.39 is 6.10 Å². The molecule has 0 aromatic heterocycles. The Labute approximate surface area is 189 Å². The minimum Gasteiger partial charge on any atom is -0.490 e. The van der Waals surface area contributed by atoms with Crippen LogP contribution < -0.4 is 24.4 Å². The van der Waals surface area contributed by atoms with Crippen LogP contribution in [-0.4, -0.2) is 44.2 Å². The van der Waals surface area contributed by atoms with E-state index in [0.717, 1.165) is 11.1 Å². The molecule has 0 spiro atoms. The summed E-state index contributed by atoms with van der Waals surface area (Å²) in [5.41, 5.74) is 2.68. The molecule has 1 heterocycles. The van der Waals surface area contributed by atoms with Crippen LogP contribution in [0.25, 0.3) is 0 Å². The van der Waals surface area contributed by atoms with Crippen LogP contribution in [-0.2, 0) is 16.0 Å². The van der Waals surface area contributed by atoms with Gasteiger partial charge in [0.05, 0.1) is 18.9 Å². The summed E-state index contributed by atoms with van der Waals surface area (Å²) in [5, 5.41) is 2.92. The third kappa shape index (κ3) is 5.52. The predicted molar refractivity (Wildman–Crippen MR) is 124 cm³/mol. The van der Waals surface area contributed by atoms with Gasteiger partial charge < -0.3 is 19.5 Å². The molecule has 0 saturated carbocycles. The van der Waals surface area contributed by atoms with Crippen molar-refractivity contribution >= 4 is 17.5 Å². The second kappa shape index (κ2) is 10.9. The second-order valence-electron chi connectivity index (χ2n) is 7.66. The van der Waals surface area contributed by atoms with Gasteiger partial charge in [0.1, 0.15) is 12.3 Å². The summed E-state index contributed by atoms with van der Waals surface area (Å²) in [4.78, 5) is 27.0. The van der Waals surface area contributed by atoms with Gasteiger partial charge in [-0.2, -0.15) is 0 Å². The Hall–Kier alpha value is -3.22. The number of hydrogen-bond donors (Lipinski definition) is 1. The van der Waals surface area contributed by atoms with Gasteiger partial charge in [0.25, 0.3) is 5.91 Å². The molecule has 0 fully saturated rings. The summed E-state index contributed by atoms with van der Waals surface area (Å²) < 4.78 is 17.1. The number of carbonyl (C=O) groups excluding carboxylic acids is 2. The van der Waals surface area contributed by atoms with Crippen molar-refractivity contribution in [3.05, 3.63) is 47.5 Å². The van der Waals surface area contributed by atoms with Gasteiger partial charge in [-0.3, -0.25) is 14.5 Å². The summed E-state index contributed by atoms with van der Waals surface area (Å²) in [5.74, 6) is 1.65. The van der Waals surface area contributed by atoms with E-state index in [1.807, 2.05) is 64.1 Å². The Morgan fingerprint density at radius 3 is 2.53 bits per heavy atom. The van der Waals surface area contributed by atoms with Crippen molar-refractivity contribution in [1.29, 1.82) is 0 Å². The SMILES string of the molecule is CCOc1ccc(CCNC(=O)CN2C(=O)[C@H](CC)Oc3ccc(C)cc32)cc1OCC. The first-order valence-electron chi connectivity index (χ1n) is 11.2. The van der Waals surface area contributed by atoms with Crippen LogP contribution in [0.15, 0.2) is 36.4 Å². The first-order valence-corrected chi connectivity index (χ1v) is 11.2. The molecule has 2 amide bonds. The lowest BCUT2D eigenvalue weighted by Crippen LogP contribution is -2.49. The van der Waals surface area contributed by atoms with E-state index in [1.165, 1.54) is 4.90 Å². The first-order chi connectivity index (χ1) is 15.5. The van der Waals surface area contributed by atoms with E-state index in [9.17, 15) is 9.59 Å². The molecule has 1 atom stereocenters. The lowest BCUT2D eigenvalue weighted by atomic mass is 10.1. The zero-order valence-electron chi connectivity index (χ0n) is 19.3. The Balaban J connectivity index is 1.62. The Kier molecular flexibility index (Phi) is 7.98. The fraction of sp³-hybridized carbons (Fsp3) is 0.440. The van der Waals surface area contributed by atoms with Crippen molar-refractivity contribution in [2.24, 2.45) is 0 Å². The predicted octanol–water partition coefficient (Wildman–Crippen LogP) is 3.66. The van der Waals surface area contributed by atoms with Gasteiger partial charge in [-0.1, -0.05) is 19.1 Å². The average Bonchev–Trinajstić information content (AvgIpc) is 2.77. The second-order valence-corrected chi connectivity index (χ2v) is 7.66. The molecule has 0 unspecified atom stereocenters. The van der Waals surface area contributed by atoms with Crippen LogP contribution in [0.1, 0.15) is 38.3 Å². The highest BCUT2D eigenvalue weighted by Crippen LogP contribution is 2.35. The Morgan fingerprint density at radius 1 is 1.06 bits per heavy atom. The summed E-state index contributed by atoms with van der Waals surface area (Å²) in [6, 6.07) is 11.5. The Morgan fingerprint density at radius 2 is 1.81 bits per heavy atom. The van der Waals surface area contributed by atoms with E-state index in [-0.39, 0.29) is 18.4 Å². The summed E-state index contributed by atoms with van der Waals surface area (Å²) in [7, 11) is 0. The van der Waals surface area contributed by atoms with Gasteiger partial charge in [0.2, 0.25) is 5.91 Å². The molecule has 1 N–H and O–H groups in total. The molecule has 0 aliphatic carbocycles. The number of fused-ring (bicyclic) bond motifs is 1. The quantitative estimate of drug-likeness (QED) is 0.610. The first kappa shape index (κ1) is 23.4. The van der Waals surface area contributed by atoms with Crippen LogP contribution in [0.3, 0.4) is 0 Å². The molecule has 0 bridgehead atoms. The zero-order valence-corrected chi connectivity index (χ0v) is 19.3. The van der Waals surface area contributed by atoms with E-state index >= 15 is 0 Å². The third-order valence-electron chi connectivity index (χ3n) is 5.23. The maximum atomic E-state index is 12.8.